The Morgan fingerprint density at radius 2 is 1.82 bits per heavy atom. The minimum Gasteiger partial charge on any atom is -0.497 e. The van der Waals surface area contributed by atoms with Crippen LogP contribution in [0.25, 0.3) is 11.1 Å². The summed E-state index contributed by atoms with van der Waals surface area (Å²) in [5, 5.41) is 0. The summed E-state index contributed by atoms with van der Waals surface area (Å²) in [6, 6.07) is 12.2. The number of nitrogens with zero attached hydrogens (tertiary/aromatic N) is 3. The van der Waals surface area contributed by atoms with E-state index < -0.39 is 5.60 Å². The highest BCUT2D eigenvalue weighted by Crippen LogP contribution is 2.35. The van der Waals surface area contributed by atoms with Crippen molar-refractivity contribution in [1.29, 1.82) is 0 Å². The van der Waals surface area contributed by atoms with Gasteiger partial charge in [-0.05, 0) is 68.5 Å². The number of aromatic nitrogens is 2. The zero-order valence-electron chi connectivity index (χ0n) is 20.2. The summed E-state index contributed by atoms with van der Waals surface area (Å²) >= 11 is 0. The van der Waals surface area contributed by atoms with Gasteiger partial charge in [-0.25, -0.2) is 4.79 Å². The van der Waals surface area contributed by atoms with Crippen LogP contribution in [-0.2, 0) is 24.2 Å². The number of carbonyl (C=O) groups excluding carboxylic acids is 1. The Hall–Kier alpha value is -3.61. The Kier molecular flexibility index (Phi) is 7.01. The van der Waals surface area contributed by atoms with Crippen LogP contribution in [0.15, 0.2) is 55.0 Å². The van der Waals surface area contributed by atoms with Crippen molar-refractivity contribution < 1.29 is 19.0 Å². The van der Waals surface area contributed by atoms with Gasteiger partial charge in [0.25, 0.3) is 0 Å². The van der Waals surface area contributed by atoms with Crippen molar-refractivity contribution in [3.05, 3.63) is 71.8 Å². The second-order valence-corrected chi connectivity index (χ2v) is 9.30. The van der Waals surface area contributed by atoms with Crippen LogP contribution in [0.5, 0.6) is 11.5 Å². The lowest BCUT2D eigenvalue weighted by molar-refractivity contribution is 0.0258. The van der Waals surface area contributed by atoms with Crippen LogP contribution < -0.4 is 9.47 Å². The van der Waals surface area contributed by atoms with Crippen LogP contribution in [0.1, 0.15) is 37.6 Å². The highest BCUT2D eigenvalue weighted by molar-refractivity contribution is 5.73. The van der Waals surface area contributed by atoms with Gasteiger partial charge in [-0.3, -0.25) is 9.97 Å². The van der Waals surface area contributed by atoms with E-state index in [-0.39, 0.29) is 6.09 Å². The first-order valence-corrected chi connectivity index (χ1v) is 11.5. The molecule has 1 aliphatic heterocycles. The maximum absolute atomic E-state index is 12.6. The van der Waals surface area contributed by atoms with Gasteiger partial charge in [0.1, 0.15) is 23.7 Å². The van der Waals surface area contributed by atoms with Gasteiger partial charge in [-0.1, -0.05) is 18.2 Å². The van der Waals surface area contributed by atoms with Gasteiger partial charge in [0, 0.05) is 31.0 Å². The molecule has 0 atom stereocenters. The van der Waals surface area contributed by atoms with Gasteiger partial charge in [0.2, 0.25) is 0 Å². The lowest BCUT2D eigenvalue weighted by Gasteiger charge is -2.26. The third-order valence-corrected chi connectivity index (χ3v) is 5.65. The number of benzene rings is 2. The monoisotopic (exact) mass is 461 g/mol. The van der Waals surface area contributed by atoms with Crippen molar-refractivity contribution in [3.8, 4) is 22.6 Å². The van der Waals surface area contributed by atoms with Crippen molar-refractivity contribution in [2.75, 3.05) is 20.2 Å². The summed E-state index contributed by atoms with van der Waals surface area (Å²) in [6.45, 7) is 7.26. The van der Waals surface area contributed by atoms with E-state index in [0.29, 0.717) is 19.7 Å². The third kappa shape index (κ3) is 5.84. The second-order valence-electron chi connectivity index (χ2n) is 9.30. The van der Waals surface area contributed by atoms with Crippen molar-refractivity contribution in [2.45, 2.75) is 45.8 Å². The van der Waals surface area contributed by atoms with Crippen molar-refractivity contribution >= 4 is 6.09 Å². The molecular formula is C27H31N3O4. The quantitative estimate of drug-likeness (QED) is 0.528. The maximum atomic E-state index is 12.6. The van der Waals surface area contributed by atoms with Crippen LogP contribution in [0.3, 0.4) is 0 Å². The molecular weight excluding hydrogens is 430 g/mol. The molecule has 0 saturated carbocycles. The molecule has 0 fully saturated rings. The summed E-state index contributed by atoms with van der Waals surface area (Å²) in [5.41, 5.74) is 4.72. The topological polar surface area (TPSA) is 73.8 Å². The average molecular weight is 462 g/mol. The number of rotatable bonds is 5. The van der Waals surface area contributed by atoms with E-state index in [0.717, 1.165) is 41.2 Å². The minimum atomic E-state index is -0.502. The fourth-order valence-corrected chi connectivity index (χ4v) is 3.95. The molecule has 0 saturated heterocycles. The average Bonchev–Trinajstić information content (AvgIpc) is 3.04. The van der Waals surface area contributed by atoms with Crippen molar-refractivity contribution in [3.63, 3.8) is 0 Å². The second kappa shape index (κ2) is 10.1. The van der Waals surface area contributed by atoms with Crippen molar-refractivity contribution in [1.82, 2.24) is 14.9 Å². The molecule has 178 valence electrons. The third-order valence-electron chi connectivity index (χ3n) is 5.65. The molecule has 1 aromatic heterocycles. The molecule has 7 nitrogen and oxygen atoms in total. The summed E-state index contributed by atoms with van der Waals surface area (Å²) in [6.07, 6.45) is 6.29. The molecule has 1 aliphatic rings. The molecule has 0 aliphatic carbocycles. The predicted octanol–water partition coefficient (Wildman–Crippen LogP) is 5.07. The number of carbonyl (C=O) groups is 1. The first kappa shape index (κ1) is 23.5. The highest BCUT2D eigenvalue weighted by atomic mass is 16.6. The van der Waals surface area contributed by atoms with Gasteiger partial charge >= 0.3 is 6.09 Å². The van der Waals surface area contributed by atoms with Gasteiger partial charge in [-0.2, -0.15) is 0 Å². The Balaban J connectivity index is 1.56. The Morgan fingerprint density at radius 3 is 2.53 bits per heavy atom. The Labute approximate surface area is 200 Å². The lowest BCUT2D eigenvalue weighted by atomic mass is 9.96. The van der Waals surface area contributed by atoms with Crippen LogP contribution >= 0.6 is 0 Å². The molecule has 0 spiro atoms. The summed E-state index contributed by atoms with van der Waals surface area (Å²) in [5.74, 6) is 1.50. The van der Waals surface area contributed by atoms with E-state index in [9.17, 15) is 4.79 Å². The molecule has 0 radical (unpaired) electrons. The zero-order chi connectivity index (χ0) is 24.1. The number of methoxy groups -OCH3 is 1. The first-order chi connectivity index (χ1) is 16.3. The lowest BCUT2D eigenvalue weighted by Crippen LogP contribution is -2.38. The molecule has 2 heterocycles. The number of hydrogen-bond donors (Lipinski definition) is 0. The number of fused-ring (bicyclic) bond motifs is 1. The normalized spacial score (nSPS) is 13.6. The summed E-state index contributed by atoms with van der Waals surface area (Å²) in [4.78, 5) is 22.8. The smallest absolute Gasteiger partial charge is 0.410 e. The Bertz CT molecular complexity index is 1140. The number of ether oxygens (including phenoxy) is 3. The van der Waals surface area contributed by atoms with E-state index >= 15 is 0 Å². The minimum absolute atomic E-state index is 0.256. The van der Waals surface area contributed by atoms with Gasteiger partial charge < -0.3 is 19.1 Å². The van der Waals surface area contributed by atoms with E-state index in [4.69, 9.17) is 14.2 Å². The molecule has 0 bridgehead atoms. The van der Waals surface area contributed by atoms with Crippen LogP contribution in [0, 0.1) is 0 Å². The molecule has 7 heteroatoms. The molecule has 1 amide bonds. The van der Waals surface area contributed by atoms with Crippen LogP contribution in [-0.4, -0.2) is 46.8 Å². The van der Waals surface area contributed by atoms with Gasteiger partial charge in [0.15, 0.2) is 0 Å². The SMILES string of the molecule is COc1ccc(OCc2cnccn2)c(-c2ccc3c(c2)CCN(C(=O)OC(C)(C)C)CC3)c1. The Morgan fingerprint density at radius 1 is 1.03 bits per heavy atom. The molecule has 4 rings (SSSR count). The molecule has 3 aromatic rings. The molecule has 0 N–H and O–H groups in total. The van der Waals surface area contributed by atoms with E-state index in [1.807, 2.05) is 39.0 Å². The van der Waals surface area contributed by atoms with E-state index in [1.165, 1.54) is 11.1 Å². The standard InChI is InChI=1S/C27H31N3O4/c1-27(2,3)34-26(31)30-13-9-19-5-6-21(15-20(19)10-14-30)24-16-23(32-4)7-8-25(24)33-18-22-17-28-11-12-29-22/h5-8,11-12,15-17H,9-10,13-14,18H2,1-4H3. The molecule has 34 heavy (non-hydrogen) atoms. The summed E-state index contributed by atoms with van der Waals surface area (Å²) in [7, 11) is 1.65. The first-order valence-electron chi connectivity index (χ1n) is 11.5. The number of amides is 1. The maximum Gasteiger partial charge on any atom is 0.410 e. The van der Waals surface area contributed by atoms with E-state index in [2.05, 4.69) is 28.2 Å². The fourth-order valence-electron chi connectivity index (χ4n) is 3.95. The largest absolute Gasteiger partial charge is 0.497 e. The van der Waals surface area contributed by atoms with Gasteiger partial charge in [0.05, 0.1) is 19.0 Å². The van der Waals surface area contributed by atoms with Crippen LogP contribution in [0.2, 0.25) is 0 Å². The highest BCUT2D eigenvalue weighted by Gasteiger charge is 2.24. The van der Waals surface area contributed by atoms with Crippen molar-refractivity contribution in [2.24, 2.45) is 0 Å². The molecule has 2 aromatic carbocycles. The number of hydrogen-bond acceptors (Lipinski definition) is 6. The molecule has 0 unspecified atom stereocenters. The van der Waals surface area contributed by atoms with Gasteiger partial charge in [-0.15, -0.1) is 0 Å². The van der Waals surface area contributed by atoms with E-state index in [1.54, 1.807) is 30.6 Å². The van der Waals surface area contributed by atoms with Crippen LogP contribution in [0.4, 0.5) is 4.79 Å². The predicted molar refractivity (Wildman–Crippen MR) is 130 cm³/mol. The summed E-state index contributed by atoms with van der Waals surface area (Å²) < 4.78 is 17.2. The fraction of sp³-hybridized carbons (Fsp3) is 0.370. The zero-order valence-corrected chi connectivity index (χ0v) is 20.2.